The second-order valence-electron chi connectivity index (χ2n) is 4.29. The van der Waals surface area contributed by atoms with Crippen LogP contribution in [-0.4, -0.2) is 18.1 Å². The van der Waals surface area contributed by atoms with Gasteiger partial charge in [0.15, 0.2) is 0 Å². The molecule has 5 heteroatoms. The fourth-order valence-electron chi connectivity index (χ4n) is 1.25. The molecule has 1 rings (SSSR count). The van der Waals surface area contributed by atoms with Crippen molar-refractivity contribution >= 4 is 11.4 Å². The van der Waals surface area contributed by atoms with E-state index in [0.717, 1.165) is 0 Å². The summed E-state index contributed by atoms with van der Waals surface area (Å²) in [7, 11) is 1.72. The van der Waals surface area contributed by atoms with E-state index in [2.05, 4.69) is 5.32 Å². The largest absolute Gasteiger partial charge is 0.490 e. The van der Waals surface area contributed by atoms with E-state index in [1.54, 1.807) is 13.1 Å². The highest BCUT2D eigenvalue weighted by atomic mass is 16.6. The van der Waals surface area contributed by atoms with Gasteiger partial charge in [0, 0.05) is 24.9 Å². The third-order valence-corrected chi connectivity index (χ3v) is 2.65. The molecule has 1 aromatic rings. The molecule has 1 aromatic carbocycles. The van der Waals surface area contributed by atoms with E-state index >= 15 is 0 Å². The average Bonchev–Trinajstić information content (AvgIpc) is 2.28. The number of nitrogens with zero attached hydrogens (tertiary/aromatic N) is 1. The number of ether oxygens (including phenoxy) is 1. The van der Waals surface area contributed by atoms with Crippen molar-refractivity contribution in [3.8, 4) is 5.75 Å². The molecule has 1 unspecified atom stereocenters. The van der Waals surface area contributed by atoms with Crippen LogP contribution in [0.25, 0.3) is 0 Å². The standard InChI is InChI=1S/C12H18N2O3/c1-8(2)9(3)17-12-6-10(13-4)5-11(7-12)14(15)16/h5-9,13H,1-4H3. The Bertz CT molecular complexity index is 405. The van der Waals surface area contributed by atoms with Crippen LogP contribution in [-0.2, 0) is 0 Å². The summed E-state index contributed by atoms with van der Waals surface area (Å²) in [5.41, 5.74) is 0.702. The lowest BCUT2D eigenvalue weighted by Crippen LogP contribution is -2.18. The van der Waals surface area contributed by atoms with E-state index in [4.69, 9.17) is 4.74 Å². The van der Waals surface area contributed by atoms with Crippen LogP contribution in [0, 0.1) is 16.0 Å². The summed E-state index contributed by atoms with van der Waals surface area (Å²) in [4.78, 5) is 10.3. The first-order valence-electron chi connectivity index (χ1n) is 5.58. The molecule has 0 aliphatic carbocycles. The minimum atomic E-state index is -0.423. The first kappa shape index (κ1) is 13.3. The Balaban J connectivity index is 2.98. The van der Waals surface area contributed by atoms with Gasteiger partial charge in [0.25, 0.3) is 5.69 Å². The molecule has 0 spiro atoms. The number of hydrogen-bond acceptors (Lipinski definition) is 4. The lowest BCUT2D eigenvalue weighted by molar-refractivity contribution is -0.384. The molecular weight excluding hydrogens is 220 g/mol. The van der Waals surface area contributed by atoms with E-state index in [1.165, 1.54) is 12.1 Å². The molecule has 0 aromatic heterocycles. The highest BCUT2D eigenvalue weighted by molar-refractivity contribution is 5.56. The van der Waals surface area contributed by atoms with E-state index in [1.807, 2.05) is 20.8 Å². The molecule has 1 atom stereocenters. The maximum absolute atomic E-state index is 10.8. The lowest BCUT2D eigenvalue weighted by atomic mass is 10.1. The quantitative estimate of drug-likeness (QED) is 0.632. The van der Waals surface area contributed by atoms with Gasteiger partial charge in [-0.3, -0.25) is 10.1 Å². The van der Waals surface area contributed by atoms with Gasteiger partial charge in [0.2, 0.25) is 0 Å². The van der Waals surface area contributed by atoms with Crippen LogP contribution in [0.5, 0.6) is 5.75 Å². The van der Waals surface area contributed by atoms with Gasteiger partial charge in [-0.05, 0) is 12.8 Å². The predicted octanol–water partition coefficient (Wildman–Crippen LogP) is 3.06. The van der Waals surface area contributed by atoms with Crippen molar-refractivity contribution in [2.75, 3.05) is 12.4 Å². The van der Waals surface area contributed by atoms with Gasteiger partial charge in [0.1, 0.15) is 5.75 Å². The zero-order valence-corrected chi connectivity index (χ0v) is 10.6. The van der Waals surface area contributed by atoms with Gasteiger partial charge in [-0.1, -0.05) is 13.8 Å². The third kappa shape index (κ3) is 3.62. The van der Waals surface area contributed by atoms with Crippen LogP contribution in [0.15, 0.2) is 18.2 Å². The van der Waals surface area contributed by atoms with Gasteiger partial charge < -0.3 is 10.1 Å². The van der Waals surface area contributed by atoms with Crippen molar-refractivity contribution < 1.29 is 9.66 Å². The third-order valence-electron chi connectivity index (χ3n) is 2.65. The fraction of sp³-hybridized carbons (Fsp3) is 0.500. The van der Waals surface area contributed by atoms with E-state index in [-0.39, 0.29) is 11.8 Å². The molecule has 0 saturated carbocycles. The number of non-ortho nitro benzene ring substituents is 1. The molecule has 0 fully saturated rings. The van der Waals surface area contributed by atoms with Gasteiger partial charge >= 0.3 is 0 Å². The van der Waals surface area contributed by atoms with Crippen molar-refractivity contribution in [1.29, 1.82) is 0 Å². The average molecular weight is 238 g/mol. The second-order valence-corrected chi connectivity index (χ2v) is 4.29. The smallest absolute Gasteiger partial charge is 0.275 e. The SMILES string of the molecule is CNc1cc(OC(C)C(C)C)cc([N+](=O)[O-])c1. The van der Waals surface area contributed by atoms with Gasteiger partial charge in [-0.25, -0.2) is 0 Å². The van der Waals surface area contributed by atoms with Gasteiger partial charge in [-0.2, -0.15) is 0 Å². The summed E-state index contributed by atoms with van der Waals surface area (Å²) in [5, 5.41) is 13.6. The Hall–Kier alpha value is -1.78. The Morgan fingerprint density at radius 2 is 1.94 bits per heavy atom. The number of nitro benzene ring substituents is 1. The molecule has 0 aliphatic rings. The Morgan fingerprint density at radius 3 is 2.41 bits per heavy atom. The van der Waals surface area contributed by atoms with Crippen LogP contribution in [0.4, 0.5) is 11.4 Å². The second kappa shape index (κ2) is 5.52. The van der Waals surface area contributed by atoms with E-state index in [0.29, 0.717) is 17.4 Å². The van der Waals surface area contributed by atoms with Crippen molar-refractivity contribution in [3.63, 3.8) is 0 Å². The fourth-order valence-corrected chi connectivity index (χ4v) is 1.25. The van der Waals surface area contributed by atoms with Crippen molar-refractivity contribution in [1.82, 2.24) is 0 Å². The Labute approximate surface area is 101 Å². The van der Waals surface area contributed by atoms with Crippen molar-refractivity contribution in [2.45, 2.75) is 26.9 Å². The number of anilines is 1. The first-order chi connectivity index (χ1) is 7.93. The number of rotatable bonds is 5. The molecule has 94 valence electrons. The van der Waals surface area contributed by atoms with Crippen LogP contribution in [0.1, 0.15) is 20.8 Å². The molecule has 0 aliphatic heterocycles. The molecule has 0 radical (unpaired) electrons. The lowest BCUT2D eigenvalue weighted by Gasteiger charge is -2.18. The molecule has 0 heterocycles. The number of benzene rings is 1. The topological polar surface area (TPSA) is 64.4 Å². The molecule has 5 nitrogen and oxygen atoms in total. The van der Waals surface area contributed by atoms with E-state index < -0.39 is 4.92 Å². The summed E-state index contributed by atoms with van der Waals surface area (Å²) in [5.74, 6) is 0.872. The summed E-state index contributed by atoms with van der Waals surface area (Å²) in [6.07, 6.45) is 0.0155. The minimum absolute atomic E-state index is 0.0155. The summed E-state index contributed by atoms with van der Waals surface area (Å²) in [6, 6.07) is 4.68. The number of hydrogen-bond donors (Lipinski definition) is 1. The Kier molecular flexibility index (Phi) is 4.31. The van der Waals surface area contributed by atoms with Crippen LogP contribution < -0.4 is 10.1 Å². The zero-order valence-electron chi connectivity index (χ0n) is 10.6. The minimum Gasteiger partial charge on any atom is -0.490 e. The first-order valence-corrected chi connectivity index (χ1v) is 5.58. The van der Waals surface area contributed by atoms with Crippen molar-refractivity contribution in [2.24, 2.45) is 5.92 Å². The highest BCUT2D eigenvalue weighted by Gasteiger charge is 2.13. The number of nitro groups is 1. The molecular formula is C12H18N2O3. The van der Waals surface area contributed by atoms with Crippen LogP contribution in [0.3, 0.4) is 0 Å². The maximum Gasteiger partial charge on any atom is 0.275 e. The van der Waals surface area contributed by atoms with Crippen LogP contribution >= 0.6 is 0 Å². The molecule has 0 saturated heterocycles. The van der Waals surface area contributed by atoms with Crippen molar-refractivity contribution in [3.05, 3.63) is 28.3 Å². The zero-order chi connectivity index (χ0) is 13.0. The molecule has 0 bridgehead atoms. The Morgan fingerprint density at radius 1 is 1.29 bits per heavy atom. The van der Waals surface area contributed by atoms with Crippen LogP contribution in [0.2, 0.25) is 0 Å². The van der Waals surface area contributed by atoms with Gasteiger partial charge in [-0.15, -0.1) is 0 Å². The summed E-state index contributed by atoms with van der Waals surface area (Å²) >= 11 is 0. The van der Waals surface area contributed by atoms with E-state index in [9.17, 15) is 10.1 Å². The summed E-state index contributed by atoms with van der Waals surface area (Å²) < 4.78 is 5.66. The highest BCUT2D eigenvalue weighted by Crippen LogP contribution is 2.27. The predicted molar refractivity (Wildman–Crippen MR) is 67.6 cm³/mol. The summed E-state index contributed by atoms with van der Waals surface area (Å²) in [6.45, 7) is 6.03. The normalized spacial score (nSPS) is 12.3. The molecule has 0 amide bonds. The monoisotopic (exact) mass is 238 g/mol. The maximum atomic E-state index is 10.8. The number of nitrogens with one attached hydrogen (secondary N) is 1. The molecule has 17 heavy (non-hydrogen) atoms. The molecule has 1 N–H and O–H groups in total. The van der Waals surface area contributed by atoms with Gasteiger partial charge in [0.05, 0.1) is 17.1 Å².